The van der Waals surface area contributed by atoms with Crippen molar-refractivity contribution in [2.24, 2.45) is 0 Å². The van der Waals surface area contributed by atoms with Crippen molar-refractivity contribution in [1.82, 2.24) is 0 Å². The van der Waals surface area contributed by atoms with Crippen LogP contribution in [-0.2, 0) is 71.5 Å². The molecule has 0 unspecified atom stereocenters. The summed E-state index contributed by atoms with van der Waals surface area (Å²) in [6.45, 7) is 5.22. The van der Waals surface area contributed by atoms with Gasteiger partial charge in [-0.15, -0.1) is 0 Å². The second-order valence-electron chi connectivity index (χ2n) is 13.8. The van der Waals surface area contributed by atoms with Gasteiger partial charge in [0.2, 0.25) is 5.43 Å². The second kappa shape index (κ2) is 20.8. The number of carbonyl (C=O) groups is 6. The van der Waals surface area contributed by atoms with Gasteiger partial charge in [0.05, 0.1) is 6.10 Å². The van der Waals surface area contributed by atoms with Crippen LogP contribution in [0.2, 0.25) is 0 Å². The highest BCUT2D eigenvalue weighted by molar-refractivity contribution is 5.88. The van der Waals surface area contributed by atoms with E-state index in [2.05, 4.69) is 0 Å². The molecule has 24 nitrogen and oxygen atoms in total. The molecule has 63 heavy (non-hydrogen) atoms. The summed E-state index contributed by atoms with van der Waals surface area (Å²) in [5.41, 5.74) is -2.10. The summed E-state index contributed by atoms with van der Waals surface area (Å²) in [5.74, 6) is -11.8. The summed E-state index contributed by atoms with van der Waals surface area (Å²) in [6, 6.07) is 3.31. The van der Waals surface area contributed by atoms with Crippen LogP contribution >= 0.6 is 0 Å². The maximum absolute atomic E-state index is 14.1. The Morgan fingerprint density at radius 3 is 1.81 bits per heavy atom. The zero-order valence-corrected chi connectivity index (χ0v) is 34.5. The number of aliphatic hydroxyl groups is 1. The van der Waals surface area contributed by atoms with E-state index >= 15 is 0 Å². The van der Waals surface area contributed by atoms with Gasteiger partial charge in [-0.25, -0.2) is 0 Å². The largest absolute Gasteiger partial charge is 0.508 e. The SMILES string of the molecule is CC(=O)OC[C@H]1O[C@@H](O[C@@H]([C@H](OC(C)=O)[C@H](C)O)[C@@H](COC(C)=O)OOc2c(-c3cc(O)c(O)c(O)c3)oc3cc(O)cc(O)c3c2=O)[C@H](OC(C)=O)[C@@H](OC(C)=O)[C@H]1OC(C)=O. The van der Waals surface area contributed by atoms with Crippen LogP contribution in [-0.4, -0.2) is 135 Å². The molecule has 1 aliphatic rings. The van der Waals surface area contributed by atoms with E-state index in [0.29, 0.717) is 0 Å². The highest BCUT2D eigenvalue weighted by atomic mass is 17.2. The Balaban J connectivity index is 1.95. The molecule has 0 bridgehead atoms. The highest BCUT2D eigenvalue weighted by Crippen LogP contribution is 2.43. The number of ether oxygens (including phenoxy) is 8. The quantitative estimate of drug-likeness (QED) is 0.0362. The van der Waals surface area contributed by atoms with E-state index in [1.807, 2.05) is 0 Å². The molecule has 24 heteroatoms. The molecule has 1 fully saturated rings. The summed E-state index contributed by atoms with van der Waals surface area (Å²) < 4.78 is 50.0. The first-order valence-electron chi connectivity index (χ1n) is 18.5. The lowest BCUT2D eigenvalue weighted by Crippen LogP contribution is -2.64. The minimum atomic E-state index is -2.07. The Morgan fingerprint density at radius 2 is 1.27 bits per heavy atom. The molecule has 4 rings (SSSR count). The second-order valence-corrected chi connectivity index (χ2v) is 13.8. The van der Waals surface area contributed by atoms with E-state index in [9.17, 15) is 64.2 Å². The Kier molecular flexibility index (Phi) is 16.1. The fourth-order valence-corrected chi connectivity index (χ4v) is 6.22. The molecule has 1 aliphatic heterocycles. The van der Waals surface area contributed by atoms with Crippen molar-refractivity contribution >= 4 is 46.8 Å². The number of phenolic OH excluding ortho intramolecular Hbond substituents is 5. The first-order chi connectivity index (χ1) is 29.5. The molecule has 1 saturated heterocycles. The molecule has 1 aromatic heterocycles. The topological polar surface area (TPSA) is 346 Å². The number of aliphatic hydroxyl groups excluding tert-OH is 1. The third kappa shape index (κ3) is 12.4. The van der Waals surface area contributed by atoms with Crippen LogP contribution < -0.4 is 10.3 Å². The van der Waals surface area contributed by atoms with E-state index in [1.165, 1.54) is 0 Å². The van der Waals surface area contributed by atoms with Crippen molar-refractivity contribution in [2.45, 2.75) is 104 Å². The number of hydrogen-bond acceptors (Lipinski definition) is 24. The Labute approximate surface area is 355 Å². The van der Waals surface area contributed by atoms with Gasteiger partial charge in [-0.3, -0.25) is 33.6 Å². The lowest BCUT2D eigenvalue weighted by Gasteiger charge is -2.45. The van der Waals surface area contributed by atoms with Gasteiger partial charge in [-0.05, 0) is 19.1 Å². The summed E-state index contributed by atoms with van der Waals surface area (Å²) in [4.78, 5) is 99.2. The fourth-order valence-electron chi connectivity index (χ4n) is 6.22. The minimum Gasteiger partial charge on any atom is -0.508 e. The number of carbonyl (C=O) groups excluding carboxylic acids is 6. The fraction of sp³-hybridized carbons (Fsp3) is 0.462. The van der Waals surface area contributed by atoms with Gasteiger partial charge >= 0.3 is 35.8 Å². The van der Waals surface area contributed by atoms with Crippen LogP contribution in [0, 0.1) is 0 Å². The molecular weight excluding hydrogens is 852 g/mol. The molecule has 344 valence electrons. The number of phenols is 5. The van der Waals surface area contributed by atoms with Gasteiger partial charge < -0.3 is 77.8 Å². The van der Waals surface area contributed by atoms with Crippen molar-refractivity contribution in [1.29, 1.82) is 0 Å². The number of esters is 6. The molecule has 9 atom stereocenters. The van der Waals surface area contributed by atoms with Gasteiger partial charge in [0.1, 0.15) is 47.9 Å². The first-order valence-corrected chi connectivity index (χ1v) is 18.5. The van der Waals surface area contributed by atoms with Crippen LogP contribution in [0.3, 0.4) is 0 Å². The van der Waals surface area contributed by atoms with Crippen molar-refractivity contribution in [3.63, 3.8) is 0 Å². The zero-order chi connectivity index (χ0) is 47.0. The molecule has 0 amide bonds. The molecule has 2 heterocycles. The van der Waals surface area contributed by atoms with E-state index in [1.54, 1.807) is 0 Å². The average molecular weight is 897 g/mol. The highest BCUT2D eigenvalue weighted by Gasteiger charge is 2.55. The third-order valence-corrected chi connectivity index (χ3v) is 8.66. The summed E-state index contributed by atoms with van der Waals surface area (Å²) in [6.07, 6.45) is -16.8. The van der Waals surface area contributed by atoms with Crippen molar-refractivity contribution < 1.29 is 111 Å². The molecule has 0 saturated carbocycles. The Hall–Kier alpha value is -6.89. The monoisotopic (exact) mass is 896 g/mol. The minimum absolute atomic E-state index is 0.383. The molecule has 0 radical (unpaired) electrons. The maximum Gasteiger partial charge on any atom is 0.303 e. The average Bonchev–Trinajstić information content (AvgIpc) is 3.15. The van der Waals surface area contributed by atoms with E-state index in [-0.39, 0.29) is 5.56 Å². The third-order valence-electron chi connectivity index (χ3n) is 8.66. The van der Waals surface area contributed by atoms with Crippen LogP contribution in [0.25, 0.3) is 22.3 Å². The molecule has 3 aromatic rings. The van der Waals surface area contributed by atoms with E-state index < -0.39 is 161 Å². The van der Waals surface area contributed by atoms with Crippen LogP contribution in [0.1, 0.15) is 48.5 Å². The van der Waals surface area contributed by atoms with Gasteiger partial charge in [-0.1, -0.05) is 0 Å². The zero-order valence-electron chi connectivity index (χ0n) is 34.5. The van der Waals surface area contributed by atoms with Crippen molar-refractivity contribution in [3.05, 3.63) is 34.5 Å². The lowest BCUT2D eigenvalue weighted by molar-refractivity contribution is -0.351. The summed E-state index contributed by atoms with van der Waals surface area (Å²) >= 11 is 0. The predicted molar refractivity (Wildman–Crippen MR) is 202 cm³/mol. The number of aromatic hydroxyl groups is 5. The van der Waals surface area contributed by atoms with Crippen LogP contribution in [0.4, 0.5) is 0 Å². The number of benzene rings is 2. The normalized spacial score (nSPS) is 20.3. The molecule has 0 spiro atoms. The van der Waals surface area contributed by atoms with E-state index in [0.717, 1.165) is 72.7 Å². The van der Waals surface area contributed by atoms with Crippen molar-refractivity contribution in [3.8, 4) is 45.8 Å². The lowest BCUT2D eigenvalue weighted by atomic mass is 9.97. The Bertz CT molecular complexity index is 2240. The first kappa shape index (κ1) is 48.8. The van der Waals surface area contributed by atoms with Gasteiger partial charge in [0.15, 0.2) is 59.8 Å². The van der Waals surface area contributed by atoms with Crippen LogP contribution in [0.5, 0.6) is 34.5 Å². The maximum atomic E-state index is 14.1. The van der Waals surface area contributed by atoms with Crippen molar-refractivity contribution in [2.75, 3.05) is 13.2 Å². The molecule has 0 aliphatic carbocycles. The molecular formula is C39H44O24. The van der Waals surface area contributed by atoms with Crippen LogP contribution in [0.15, 0.2) is 33.5 Å². The number of rotatable bonds is 17. The van der Waals surface area contributed by atoms with Gasteiger partial charge in [0.25, 0.3) is 5.75 Å². The molecule has 6 N–H and O–H groups in total. The van der Waals surface area contributed by atoms with E-state index in [4.69, 9.17) is 52.1 Å². The number of fused-ring (bicyclic) bond motifs is 1. The Morgan fingerprint density at radius 1 is 0.698 bits per heavy atom. The summed E-state index contributed by atoms with van der Waals surface area (Å²) in [5, 5.41) is 61.8. The molecule has 2 aromatic carbocycles. The predicted octanol–water partition coefficient (Wildman–Crippen LogP) is 1.01. The smallest absolute Gasteiger partial charge is 0.303 e. The standard InChI is InChI=1S/C39H44O24/c1-14(40)32(55-17(4)43)35(61-39-38(58-20(7)46)37(57-19(6)45)34(56-18(5)44)27(60-39)12-53-15(2)41)28(13-54-16(3)42)62-63-36-31(52)29-23(48)10-22(47)11-26(29)59-33(36)21-8-24(49)30(51)25(50)9-21/h8-11,14,27-28,32,34-35,37-40,47-51H,12-13H2,1-7H3/t14-,27+,28+,32+,34-,35+,37-,38+,39-/m0/s1. The van der Waals surface area contributed by atoms with Gasteiger partial charge in [-0.2, -0.15) is 4.89 Å². The number of hydrogen-bond donors (Lipinski definition) is 6. The van der Waals surface area contributed by atoms with Gasteiger partial charge in [0, 0.05) is 59.2 Å². The summed E-state index contributed by atoms with van der Waals surface area (Å²) in [7, 11) is 0.